The Bertz CT molecular complexity index is 1550. The van der Waals surface area contributed by atoms with E-state index < -0.39 is 12.0 Å². The SMILES string of the molecule is CCCC1=C(C(=O)OCC)[C@H](c2cc(Br)ccc2OC)n2c(s/c(=C/c3cc(Br)c(N(C)C)o3)c2=O)=N1. The molecular weight excluding hydrogens is 626 g/mol. The van der Waals surface area contributed by atoms with Gasteiger partial charge in [0.15, 0.2) is 4.80 Å². The maximum Gasteiger partial charge on any atom is 0.338 e. The molecule has 0 saturated carbocycles. The second kappa shape index (κ2) is 11.4. The normalized spacial score (nSPS) is 15.4. The lowest BCUT2D eigenvalue weighted by atomic mass is 9.93. The van der Waals surface area contributed by atoms with Crippen molar-refractivity contribution in [1.29, 1.82) is 0 Å². The fourth-order valence-electron chi connectivity index (χ4n) is 4.22. The molecule has 2 aromatic heterocycles. The van der Waals surface area contributed by atoms with Crippen LogP contribution in [0.5, 0.6) is 5.75 Å². The van der Waals surface area contributed by atoms with Gasteiger partial charge in [0.1, 0.15) is 17.6 Å². The van der Waals surface area contributed by atoms with E-state index in [4.69, 9.17) is 18.9 Å². The highest BCUT2D eigenvalue weighted by Gasteiger charge is 2.36. The van der Waals surface area contributed by atoms with Crippen LogP contribution >= 0.6 is 43.2 Å². The van der Waals surface area contributed by atoms with Crippen molar-refractivity contribution < 1.29 is 18.7 Å². The number of thiazole rings is 1. The Balaban J connectivity index is 2.03. The van der Waals surface area contributed by atoms with E-state index in [0.717, 1.165) is 15.4 Å². The summed E-state index contributed by atoms with van der Waals surface area (Å²) in [5.74, 6) is 1.22. The number of allylic oxidation sites excluding steroid dienone is 1. The summed E-state index contributed by atoms with van der Waals surface area (Å²) < 4.78 is 20.6. The maximum atomic E-state index is 13.9. The van der Waals surface area contributed by atoms with Crippen molar-refractivity contribution >= 4 is 61.1 Å². The number of furan rings is 1. The van der Waals surface area contributed by atoms with Crippen LogP contribution in [0.15, 0.2) is 58.7 Å². The summed E-state index contributed by atoms with van der Waals surface area (Å²) in [4.78, 5) is 34.4. The number of benzene rings is 1. The van der Waals surface area contributed by atoms with Gasteiger partial charge in [-0.25, -0.2) is 9.79 Å². The number of ether oxygens (including phenoxy) is 2. The van der Waals surface area contributed by atoms with Gasteiger partial charge in [-0.1, -0.05) is 40.6 Å². The van der Waals surface area contributed by atoms with Crippen LogP contribution in [0.2, 0.25) is 0 Å². The number of halogens is 2. The van der Waals surface area contributed by atoms with Crippen LogP contribution in [0.1, 0.15) is 44.1 Å². The smallest absolute Gasteiger partial charge is 0.338 e. The van der Waals surface area contributed by atoms with Gasteiger partial charge >= 0.3 is 5.97 Å². The van der Waals surface area contributed by atoms with Crippen LogP contribution in [0.25, 0.3) is 6.08 Å². The molecule has 11 heteroatoms. The lowest BCUT2D eigenvalue weighted by Gasteiger charge is -2.27. The van der Waals surface area contributed by atoms with Crippen LogP contribution < -0.4 is 24.5 Å². The van der Waals surface area contributed by atoms with E-state index >= 15 is 0 Å². The summed E-state index contributed by atoms with van der Waals surface area (Å²) in [7, 11) is 5.31. The van der Waals surface area contributed by atoms with Crippen LogP contribution in [-0.2, 0) is 9.53 Å². The summed E-state index contributed by atoms with van der Waals surface area (Å²) in [6.45, 7) is 3.98. The minimum Gasteiger partial charge on any atom is -0.496 e. The minimum atomic E-state index is -0.771. The first kappa shape index (κ1) is 27.4. The third kappa shape index (κ3) is 5.35. The number of rotatable bonds is 8. The van der Waals surface area contributed by atoms with E-state index in [1.54, 1.807) is 30.7 Å². The molecule has 0 aliphatic carbocycles. The highest BCUT2D eigenvalue weighted by molar-refractivity contribution is 9.10. The highest BCUT2D eigenvalue weighted by Crippen LogP contribution is 2.38. The standard InChI is InChI=1S/C26H27Br2N3O5S/c1-6-8-18-21(25(33)35-7-2)22(16-11-14(27)9-10-19(16)34-5)31-23(32)20(37-26(31)29-18)13-15-12-17(28)24(36-15)30(3)4/h9-13,22H,6-8H2,1-5H3/b20-13+/t22-/m0/s1. The Kier molecular flexibility index (Phi) is 8.45. The van der Waals surface area contributed by atoms with Crippen LogP contribution in [0.3, 0.4) is 0 Å². The van der Waals surface area contributed by atoms with E-state index in [2.05, 4.69) is 31.9 Å². The number of fused-ring (bicyclic) bond motifs is 1. The van der Waals surface area contributed by atoms with Gasteiger partial charge in [-0.2, -0.15) is 0 Å². The quantitative estimate of drug-likeness (QED) is 0.326. The highest BCUT2D eigenvalue weighted by atomic mass is 79.9. The van der Waals surface area contributed by atoms with Gasteiger partial charge in [0.05, 0.1) is 34.0 Å². The number of hydrogen-bond donors (Lipinski definition) is 0. The first-order valence-corrected chi connectivity index (χ1v) is 14.1. The molecule has 0 spiro atoms. The number of aromatic nitrogens is 1. The molecule has 0 bridgehead atoms. The van der Waals surface area contributed by atoms with Crippen LogP contribution in [0.4, 0.5) is 5.88 Å². The number of nitrogens with zero attached hydrogens (tertiary/aromatic N) is 3. The summed E-state index contributed by atoms with van der Waals surface area (Å²) >= 11 is 8.29. The van der Waals surface area contributed by atoms with Gasteiger partial charge in [-0.15, -0.1) is 0 Å². The van der Waals surface area contributed by atoms with Crippen LogP contribution in [0, 0.1) is 0 Å². The number of methoxy groups -OCH3 is 1. The fraction of sp³-hybridized carbons (Fsp3) is 0.346. The molecule has 0 unspecified atom stereocenters. The van der Waals surface area contributed by atoms with Gasteiger partial charge in [0.25, 0.3) is 5.56 Å². The van der Waals surface area contributed by atoms with Crippen molar-refractivity contribution in [2.24, 2.45) is 4.99 Å². The predicted octanol–water partition coefficient (Wildman–Crippen LogP) is 4.77. The molecule has 0 fully saturated rings. The number of carbonyl (C=O) groups excluding carboxylic acids is 1. The van der Waals surface area contributed by atoms with Gasteiger partial charge in [0, 0.05) is 36.3 Å². The molecule has 1 atom stereocenters. The molecule has 4 rings (SSSR count). The first-order chi connectivity index (χ1) is 17.7. The molecule has 0 saturated heterocycles. The van der Waals surface area contributed by atoms with E-state index in [1.807, 2.05) is 44.1 Å². The topological polar surface area (TPSA) is 86.3 Å². The average Bonchev–Trinajstić information content (AvgIpc) is 3.37. The van der Waals surface area contributed by atoms with Crippen molar-refractivity contribution in [3.8, 4) is 5.75 Å². The van der Waals surface area contributed by atoms with Crippen molar-refractivity contribution in [1.82, 2.24) is 4.57 Å². The molecule has 0 amide bonds. The molecule has 1 aliphatic heterocycles. The monoisotopic (exact) mass is 651 g/mol. The Morgan fingerprint density at radius 3 is 2.65 bits per heavy atom. The minimum absolute atomic E-state index is 0.204. The number of hydrogen-bond acceptors (Lipinski definition) is 8. The third-order valence-corrected chi connectivity index (χ3v) is 7.79. The first-order valence-electron chi connectivity index (χ1n) is 11.7. The van der Waals surface area contributed by atoms with Gasteiger partial charge in [-0.05, 0) is 47.5 Å². The molecule has 3 heterocycles. The zero-order chi connectivity index (χ0) is 26.9. The summed E-state index contributed by atoms with van der Waals surface area (Å²) in [6, 6.07) is 6.56. The number of carbonyl (C=O) groups is 1. The van der Waals surface area contributed by atoms with E-state index in [1.165, 1.54) is 11.3 Å². The second-order valence-corrected chi connectivity index (χ2v) is 11.3. The molecule has 3 aromatic rings. The van der Waals surface area contributed by atoms with Gasteiger partial charge in [-0.3, -0.25) is 9.36 Å². The lowest BCUT2D eigenvalue weighted by Crippen LogP contribution is -2.40. The molecule has 0 N–H and O–H groups in total. The third-order valence-electron chi connectivity index (χ3n) is 5.75. The van der Waals surface area contributed by atoms with Crippen molar-refractivity contribution in [2.75, 3.05) is 32.7 Å². The summed E-state index contributed by atoms with van der Waals surface area (Å²) in [5, 5.41) is 0. The molecule has 1 aromatic carbocycles. The molecule has 37 heavy (non-hydrogen) atoms. The van der Waals surface area contributed by atoms with Gasteiger partial charge < -0.3 is 18.8 Å². The zero-order valence-corrected chi connectivity index (χ0v) is 25.1. The molecule has 1 aliphatic rings. The van der Waals surface area contributed by atoms with Crippen molar-refractivity contribution in [3.05, 3.63) is 75.5 Å². The predicted molar refractivity (Wildman–Crippen MR) is 151 cm³/mol. The van der Waals surface area contributed by atoms with E-state index in [0.29, 0.717) is 50.0 Å². The average molecular weight is 653 g/mol. The molecule has 196 valence electrons. The maximum absolute atomic E-state index is 13.9. The lowest BCUT2D eigenvalue weighted by molar-refractivity contribution is -0.139. The summed E-state index contributed by atoms with van der Waals surface area (Å²) in [6.07, 6.45) is 3.03. The number of esters is 1. The van der Waals surface area contributed by atoms with Gasteiger partial charge in [0.2, 0.25) is 5.88 Å². The molecule has 0 radical (unpaired) electrons. The Morgan fingerprint density at radius 1 is 1.27 bits per heavy atom. The van der Waals surface area contributed by atoms with Crippen LogP contribution in [-0.4, -0.2) is 38.3 Å². The Hall–Kier alpha value is -2.63. The molecular formula is C26H27Br2N3O5S. The van der Waals surface area contributed by atoms with Crippen molar-refractivity contribution in [2.45, 2.75) is 32.7 Å². The Morgan fingerprint density at radius 2 is 2.03 bits per heavy atom. The zero-order valence-electron chi connectivity index (χ0n) is 21.1. The second-order valence-electron chi connectivity index (χ2n) is 8.50. The number of anilines is 1. The largest absolute Gasteiger partial charge is 0.496 e. The van der Waals surface area contributed by atoms with E-state index in [9.17, 15) is 9.59 Å². The Labute approximate surface area is 235 Å². The summed E-state index contributed by atoms with van der Waals surface area (Å²) in [5.41, 5.74) is 1.32. The fourth-order valence-corrected chi connectivity index (χ4v) is 6.26. The molecule has 8 nitrogen and oxygen atoms in total. The van der Waals surface area contributed by atoms with E-state index in [-0.39, 0.29) is 12.2 Å². The van der Waals surface area contributed by atoms with Crippen molar-refractivity contribution in [3.63, 3.8) is 0 Å².